The van der Waals surface area contributed by atoms with Crippen LogP contribution in [0.5, 0.6) is 0 Å². The molecule has 1 heterocycles. The van der Waals surface area contributed by atoms with E-state index in [2.05, 4.69) is 0 Å². The van der Waals surface area contributed by atoms with Gasteiger partial charge >= 0.3 is 5.97 Å². The van der Waals surface area contributed by atoms with Crippen molar-refractivity contribution in [3.63, 3.8) is 0 Å². The van der Waals surface area contributed by atoms with Crippen molar-refractivity contribution in [2.75, 3.05) is 24.6 Å². The summed E-state index contributed by atoms with van der Waals surface area (Å²) in [5.41, 5.74) is 5.66. The maximum absolute atomic E-state index is 12.4. The van der Waals surface area contributed by atoms with Gasteiger partial charge in [-0.3, -0.25) is 9.59 Å². The Bertz CT molecular complexity index is 310. The Kier molecular flexibility index (Phi) is 5.95. The third-order valence-corrected chi connectivity index (χ3v) is 4.39. The van der Waals surface area contributed by atoms with Gasteiger partial charge in [0.2, 0.25) is 5.91 Å². The number of hydrogen-bond donors (Lipinski definition) is 2. The minimum Gasteiger partial charge on any atom is -0.481 e. The van der Waals surface area contributed by atoms with Crippen molar-refractivity contribution in [3.8, 4) is 0 Å². The molecule has 0 spiro atoms. The summed E-state index contributed by atoms with van der Waals surface area (Å²) < 4.78 is 0. The van der Waals surface area contributed by atoms with Crippen molar-refractivity contribution < 1.29 is 14.7 Å². The quantitative estimate of drug-likeness (QED) is 0.768. The zero-order chi connectivity index (χ0) is 13.7. The number of nitrogens with two attached hydrogens (primary N) is 1. The van der Waals surface area contributed by atoms with Crippen LogP contribution in [0.15, 0.2) is 0 Å². The highest BCUT2D eigenvalue weighted by Crippen LogP contribution is 2.23. The van der Waals surface area contributed by atoms with Crippen LogP contribution in [-0.2, 0) is 9.59 Å². The molecule has 0 radical (unpaired) electrons. The van der Waals surface area contributed by atoms with Gasteiger partial charge in [0.05, 0.1) is 18.4 Å². The number of carbonyl (C=O) groups excluding carboxylic acids is 1. The summed E-state index contributed by atoms with van der Waals surface area (Å²) in [6.45, 7) is 4.89. The van der Waals surface area contributed by atoms with Crippen molar-refractivity contribution in [2.45, 2.75) is 26.3 Å². The maximum Gasteiger partial charge on any atom is 0.305 e. The molecule has 2 atom stereocenters. The molecule has 104 valence electrons. The molecule has 1 rings (SSSR count). The van der Waals surface area contributed by atoms with E-state index in [0.29, 0.717) is 18.8 Å². The second-order valence-electron chi connectivity index (χ2n) is 4.94. The molecule has 0 aliphatic carbocycles. The van der Waals surface area contributed by atoms with Gasteiger partial charge in [-0.05, 0) is 5.92 Å². The maximum atomic E-state index is 12.4. The van der Waals surface area contributed by atoms with Crippen LogP contribution in [-0.4, -0.2) is 52.5 Å². The van der Waals surface area contributed by atoms with Crippen molar-refractivity contribution in [1.29, 1.82) is 0 Å². The minimum absolute atomic E-state index is 0.0130. The predicted molar refractivity (Wildman–Crippen MR) is 72.5 cm³/mol. The molecule has 0 aromatic carbocycles. The topological polar surface area (TPSA) is 83.6 Å². The Morgan fingerprint density at radius 3 is 2.67 bits per heavy atom. The summed E-state index contributed by atoms with van der Waals surface area (Å²) in [6.07, 6.45) is 0.0220. The van der Waals surface area contributed by atoms with E-state index in [-0.39, 0.29) is 30.2 Å². The number of carboxylic acid groups (broad SMARTS) is 1. The first kappa shape index (κ1) is 15.3. The average molecular weight is 274 g/mol. The summed E-state index contributed by atoms with van der Waals surface area (Å²) in [5, 5.41) is 8.90. The van der Waals surface area contributed by atoms with Crippen molar-refractivity contribution in [3.05, 3.63) is 0 Å². The van der Waals surface area contributed by atoms with Crippen molar-refractivity contribution >= 4 is 23.6 Å². The monoisotopic (exact) mass is 274 g/mol. The highest BCUT2D eigenvalue weighted by Gasteiger charge is 2.33. The minimum atomic E-state index is -0.853. The molecule has 18 heavy (non-hydrogen) atoms. The second kappa shape index (κ2) is 6.99. The molecule has 2 unspecified atom stereocenters. The van der Waals surface area contributed by atoms with E-state index in [0.717, 1.165) is 5.75 Å². The van der Waals surface area contributed by atoms with Crippen molar-refractivity contribution in [2.24, 2.45) is 17.6 Å². The molecule has 1 amide bonds. The number of nitrogens with zero attached hydrogens (tertiary/aromatic N) is 1. The largest absolute Gasteiger partial charge is 0.481 e. The van der Waals surface area contributed by atoms with Crippen LogP contribution in [0, 0.1) is 11.8 Å². The molecule has 3 N–H and O–H groups in total. The molecule has 0 aromatic heterocycles. The van der Waals surface area contributed by atoms with Crippen LogP contribution in [0.1, 0.15) is 20.3 Å². The van der Waals surface area contributed by atoms with E-state index in [1.165, 1.54) is 0 Å². The van der Waals surface area contributed by atoms with Crippen molar-refractivity contribution in [1.82, 2.24) is 4.90 Å². The number of aliphatic carboxylic acids is 1. The molecular formula is C12H22N2O3S. The lowest BCUT2D eigenvalue weighted by atomic mass is 9.93. The van der Waals surface area contributed by atoms with Gasteiger partial charge in [0.15, 0.2) is 0 Å². The zero-order valence-electron chi connectivity index (χ0n) is 11.0. The number of rotatable bonds is 5. The number of thioether (sulfide) groups is 1. The first-order valence-corrected chi connectivity index (χ1v) is 7.43. The van der Waals surface area contributed by atoms with E-state index in [1.54, 1.807) is 16.7 Å². The van der Waals surface area contributed by atoms with Crippen LogP contribution in [0.4, 0.5) is 0 Å². The van der Waals surface area contributed by atoms with Gasteiger partial charge in [0.25, 0.3) is 0 Å². The molecular weight excluding hydrogens is 252 g/mol. The summed E-state index contributed by atoms with van der Waals surface area (Å²) in [6, 6.07) is -0.193. The van der Waals surface area contributed by atoms with Gasteiger partial charge < -0.3 is 15.7 Å². The standard InChI is InChI=1S/C12H22N2O3S/c1-8(2)10(6-13)12(17)14-3-4-18-7-9(14)5-11(15)16/h8-10H,3-7,13H2,1-2H3,(H,15,16). The number of carbonyl (C=O) groups is 2. The fourth-order valence-electron chi connectivity index (χ4n) is 2.19. The van der Waals surface area contributed by atoms with Crippen LogP contribution in [0.3, 0.4) is 0 Å². The van der Waals surface area contributed by atoms with E-state index >= 15 is 0 Å². The van der Waals surface area contributed by atoms with Gasteiger partial charge in [-0.2, -0.15) is 11.8 Å². The molecule has 0 bridgehead atoms. The number of carboxylic acids is 1. The Labute approximate surface area is 112 Å². The summed E-state index contributed by atoms with van der Waals surface area (Å²) in [5.74, 6) is 0.713. The van der Waals surface area contributed by atoms with E-state index in [1.807, 2.05) is 13.8 Å². The highest BCUT2D eigenvalue weighted by atomic mass is 32.2. The van der Waals surface area contributed by atoms with Crippen LogP contribution in [0.25, 0.3) is 0 Å². The van der Waals surface area contributed by atoms with Gasteiger partial charge in [-0.15, -0.1) is 0 Å². The average Bonchev–Trinajstić information content (AvgIpc) is 2.29. The zero-order valence-corrected chi connectivity index (χ0v) is 11.8. The smallest absolute Gasteiger partial charge is 0.305 e. The number of hydrogen-bond acceptors (Lipinski definition) is 4. The SMILES string of the molecule is CC(C)C(CN)C(=O)N1CCSCC1CC(=O)O. The fourth-order valence-corrected chi connectivity index (χ4v) is 3.25. The van der Waals surface area contributed by atoms with Gasteiger partial charge in [-0.1, -0.05) is 13.8 Å². The molecule has 1 aliphatic rings. The lowest BCUT2D eigenvalue weighted by molar-refractivity contribution is -0.142. The molecule has 0 aromatic rings. The molecule has 6 heteroatoms. The molecule has 0 saturated carbocycles. The molecule has 1 fully saturated rings. The first-order valence-electron chi connectivity index (χ1n) is 6.27. The fraction of sp³-hybridized carbons (Fsp3) is 0.833. The Hall–Kier alpha value is -0.750. The number of amides is 1. The summed E-state index contributed by atoms with van der Waals surface area (Å²) >= 11 is 1.71. The van der Waals surface area contributed by atoms with E-state index in [9.17, 15) is 9.59 Å². The van der Waals surface area contributed by atoms with Crippen LogP contribution in [0.2, 0.25) is 0 Å². The Morgan fingerprint density at radius 2 is 2.17 bits per heavy atom. The third-order valence-electron chi connectivity index (χ3n) is 3.30. The lowest BCUT2D eigenvalue weighted by Gasteiger charge is -2.37. The van der Waals surface area contributed by atoms with E-state index in [4.69, 9.17) is 10.8 Å². The second-order valence-corrected chi connectivity index (χ2v) is 6.09. The van der Waals surface area contributed by atoms with Gasteiger partial charge in [0, 0.05) is 24.6 Å². The molecule has 1 aliphatic heterocycles. The molecule has 5 nitrogen and oxygen atoms in total. The van der Waals surface area contributed by atoms with Gasteiger partial charge in [-0.25, -0.2) is 0 Å². The summed E-state index contributed by atoms with van der Waals surface area (Å²) in [4.78, 5) is 25.0. The third kappa shape index (κ3) is 3.88. The predicted octanol–water partition coefficient (Wildman–Crippen LogP) is 0.636. The highest BCUT2D eigenvalue weighted by molar-refractivity contribution is 7.99. The van der Waals surface area contributed by atoms with E-state index < -0.39 is 5.97 Å². The van der Waals surface area contributed by atoms with Gasteiger partial charge in [0.1, 0.15) is 0 Å². The normalized spacial score (nSPS) is 22.0. The Balaban J connectivity index is 2.75. The Morgan fingerprint density at radius 1 is 1.50 bits per heavy atom. The van der Waals surface area contributed by atoms with Crippen LogP contribution < -0.4 is 5.73 Å². The first-order chi connectivity index (χ1) is 8.47. The summed E-state index contributed by atoms with van der Waals surface area (Å²) in [7, 11) is 0. The van der Waals surface area contributed by atoms with Crippen LogP contribution >= 0.6 is 11.8 Å². The lowest BCUT2D eigenvalue weighted by Crippen LogP contribution is -2.51. The molecule has 1 saturated heterocycles.